The fourth-order valence-electron chi connectivity index (χ4n) is 2.26. The lowest BCUT2D eigenvalue weighted by Gasteiger charge is -2.22. The quantitative estimate of drug-likeness (QED) is 0.817. The van der Waals surface area contributed by atoms with Gasteiger partial charge in [0.25, 0.3) is 0 Å². The predicted molar refractivity (Wildman–Crippen MR) is 66.2 cm³/mol. The molecular formula is C14H19F2NO. The maximum absolute atomic E-state index is 13.3. The van der Waals surface area contributed by atoms with Crippen LogP contribution in [0.4, 0.5) is 8.78 Å². The summed E-state index contributed by atoms with van der Waals surface area (Å²) in [6.07, 6.45) is 3.36. The third kappa shape index (κ3) is 3.75. The topological polar surface area (TPSA) is 21.3 Å². The van der Waals surface area contributed by atoms with E-state index < -0.39 is 11.6 Å². The lowest BCUT2D eigenvalue weighted by atomic mass is 9.97. The van der Waals surface area contributed by atoms with Gasteiger partial charge in [-0.1, -0.05) is 6.07 Å². The highest BCUT2D eigenvalue weighted by Crippen LogP contribution is 2.16. The van der Waals surface area contributed by atoms with Gasteiger partial charge in [0.2, 0.25) is 0 Å². The second kappa shape index (κ2) is 6.81. The van der Waals surface area contributed by atoms with Crippen LogP contribution in [-0.2, 0) is 11.3 Å². The molecule has 1 saturated heterocycles. The molecule has 100 valence electrons. The Morgan fingerprint density at radius 2 is 2.06 bits per heavy atom. The van der Waals surface area contributed by atoms with Gasteiger partial charge in [0.1, 0.15) is 11.6 Å². The molecule has 1 N–H and O–H groups in total. The Morgan fingerprint density at radius 1 is 1.28 bits per heavy atom. The average Bonchev–Trinajstić information content (AvgIpc) is 2.38. The van der Waals surface area contributed by atoms with E-state index in [1.807, 2.05) is 0 Å². The molecule has 0 saturated carbocycles. The van der Waals surface area contributed by atoms with E-state index in [1.54, 1.807) is 0 Å². The summed E-state index contributed by atoms with van der Waals surface area (Å²) in [5, 5.41) is 3.34. The van der Waals surface area contributed by atoms with Gasteiger partial charge >= 0.3 is 0 Å². The van der Waals surface area contributed by atoms with Crippen LogP contribution in [0.2, 0.25) is 0 Å². The van der Waals surface area contributed by atoms with Gasteiger partial charge in [0.15, 0.2) is 0 Å². The summed E-state index contributed by atoms with van der Waals surface area (Å²) in [4.78, 5) is 0. The first kappa shape index (κ1) is 13.4. The van der Waals surface area contributed by atoms with Crippen molar-refractivity contribution < 1.29 is 13.5 Å². The van der Waals surface area contributed by atoms with Crippen LogP contribution in [0, 0.1) is 17.6 Å². The Morgan fingerprint density at radius 3 is 2.72 bits per heavy atom. The summed E-state index contributed by atoms with van der Waals surface area (Å²) in [6, 6.07) is 3.88. The molecule has 1 aromatic carbocycles. The van der Waals surface area contributed by atoms with E-state index >= 15 is 0 Å². The van der Waals surface area contributed by atoms with Gasteiger partial charge < -0.3 is 10.1 Å². The van der Waals surface area contributed by atoms with Crippen LogP contribution in [0.1, 0.15) is 24.8 Å². The van der Waals surface area contributed by atoms with Crippen molar-refractivity contribution >= 4 is 0 Å². The zero-order valence-electron chi connectivity index (χ0n) is 10.4. The molecule has 18 heavy (non-hydrogen) atoms. The molecule has 0 amide bonds. The molecule has 0 unspecified atom stereocenters. The van der Waals surface area contributed by atoms with Gasteiger partial charge in [-0.3, -0.25) is 0 Å². The minimum Gasteiger partial charge on any atom is -0.377 e. The van der Waals surface area contributed by atoms with Crippen molar-refractivity contribution in [2.24, 2.45) is 5.92 Å². The molecule has 1 heterocycles. The van der Waals surface area contributed by atoms with Crippen molar-refractivity contribution in [2.45, 2.75) is 25.9 Å². The molecule has 1 atom stereocenters. The maximum atomic E-state index is 13.3. The van der Waals surface area contributed by atoms with E-state index in [2.05, 4.69) is 5.32 Å². The highest BCUT2D eigenvalue weighted by molar-refractivity contribution is 5.18. The zero-order valence-corrected chi connectivity index (χ0v) is 10.4. The maximum Gasteiger partial charge on any atom is 0.131 e. The summed E-state index contributed by atoms with van der Waals surface area (Å²) >= 11 is 0. The summed E-state index contributed by atoms with van der Waals surface area (Å²) < 4.78 is 32.0. The summed E-state index contributed by atoms with van der Waals surface area (Å²) in [5.41, 5.74) is 0.0271. The highest BCUT2D eigenvalue weighted by Gasteiger charge is 2.13. The minimum atomic E-state index is -0.533. The van der Waals surface area contributed by atoms with Gasteiger partial charge in [-0.05, 0) is 50.4 Å². The molecule has 0 aromatic heterocycles. The van der Waals surface area contributed by atoms with Gasteiger partial charge in [-0.15, -0.1) is 0 Å². The lowest BCUT2D eigenvalue weighted by molar-refractivity contribution is 0.0991. The third-order valence-electron chi connectivity index (χ3n) is 3.38. The lowest BCUT2D eigenvalue weighted by Crippen LogP contribution is -2.30. The van der Waals surface area contributed by atoms with Gasteiger partial charge in [0.05, 0.1) is 6.61 Å². The largest absolute Gasteiger partial charge is 0.377 e. The van der Waals surface area contributed by atoms with Crippen molar-refractivity contribution in [3.63, 3.8) is 0 Å². The summed E-state index contributed by atoms with van der Waals surface area (Å²) in [6.45, 7) is 2.69. The zero-order chi connectivity index (χ0) is 12.8. The first-order valence-electron chi connectivity index (χ1n) is 6.48. The fraction of sp³-hybridized carbons (Fsp3) is 0.571. The van der Waals surface area contributed by atoms with Crippen LogP contribution >= 0.6 is 0 Å². The van der Waals surface area contributed by atoms with Crippen molar-refractivity contribution in [3.05, 3.63) is 35.4 Å². The van der Waals surface area contributed by atoms with E-state index in [9.17, 15) is 8.78 Å². The van der Waals surface area contributed by atoms with E-state index in [0.29, 0.717) is 12.5 Å². The van der Waals surface area contributed by atoms with Gasteiger partial charge in [0, 0.05) is 12.2 Å². The number of halogens is 2. The third-order valence-corrected chi connectivity index (χ3v) is 3.38. The molecule has 1 aliphatic heterocycles. The second-order valence-electron chi connectivity index (χ2n) is 4.75. The number of hydrogen-bond donors (Lipinski definition) is 1. The summed E-state index contributed by atoms with van der Waals surface area (Å²) in [5.74, 6) is -0.437. The SMILES string of the molecule is Fc1cccc(F)c1COCC[C@@H]1CCCNC1. The Balaban J connectivity index is 1.71. The molecule has 1 aromatic rings. The average molecular weight is 255 g/mol. The van der Waals surface area contributed by atoms with Crippen LogP contribution in [0.15, 0.2) is 18.2 Å². The van der Waals surface area contributed by atoms with Crippen molar-refractivity contribution in [3.8, 4) is 0 Å². The van der Waals surface area contributed by atoms with Crippen LogP contribution < -0.4 is 5.32 Å². The van der Waals surface area contributed by atoms with Gasteiger partial charge in [-0.25, -0.2) is 8.78 Å². The van der Waals surface area contributed by atoms with Crippen LogP contribution in [0.5, 0.6) is 0 Å². The first-order valence-corrected chi connectivity index (χ1v) is 6.48. The Kier molecular flexibility index (Phi) is 5.08. The molecular weight excluding hydrogens is 236 g/mol. The van der Waals surface area contributed by atoms with E-state index in [0.717, 1.165) is 19.5 Å². The normalized spacial score (nSPS) is 20.0. The van der Waals surface area contributed by atoms with Gasteiger partial charge in [-0.2, -0.15) is 0 Å². The Labute approximate surface area is 106 Å². The number of nitrogens with one attached hydrogen (secondary N) is 1. The number of rotatable bonds is 5. The van der Waals surface area contributed by atoms with Crippen LogP contribution in [0.3, 0.4) is 0 Å². The Bertz CT molecular complexity index is 358. The molecule has 0 bridgehead atoms. The molecule has 2 rings (SSSR count). The molecule has 1 aliphatic rings. The van der Waals surface area contributed by atoms with E-state index in [-0.39, 0.29) is 12.2 Å². The molecule has 1 fully saturated rings. The Hall–Kier alpha value is -1.00. The van der Waals surface area contributed by atoms with Crippen LogP contribution in [-0.4, -0.2) is 19.7 Å². The number of ether oxygens (including phenoxy) is 1. The van der Waals surface area contributed by atoms with Crippen LogP contribution in [0.25, 0.3) is 0 Å². The van der Waals surface area contributed by atoms with Crippen molar-refractivity contribution in [2.75, 3.05) is 19.7 Å². The monoisotopic (exact) mass is 255 g/mol. The van der Waals surface area contributed by atoms with E-state index in [1.165, 1.54) is 31.0 Å². The highest BCUT2D eigenvalue weighted by atomic mass is 19.1. The smallest absolute Gasteiger partial charge is 0.131 e. The molecule has 0 spiro atoms. The minimum absolute atomic E-state index is 0.0126. The molecule has 0 aliphatic carbocycles. The fourth-order valence-corrected chi connectivity index (χ4v) is 2.26. The van der Waals surface area contributed by atoms with Crippen molar-refractivity contribution in [1.82, 2.24) is 5.32 Å². The standard InChI is InChI=1S/C14H19F2NO/c15-13-4-1-5-14(16)12(13)10-18-8-6-11-3-2-7-17-9-11/h1,4-5,11,17H,2-3,6-10H2/t11-/m0/s1. The first-order chi connectivity index (χ1) is 8.77. The second-order valence-corrected chi connectivity index (χ2v) is 4.75. The van der Waals surface area contributed by atoms with E-state index in [4.69, 9.17) is 4.74 Å². The van der Waals surface area contributed by atoms with Crippen molar-refractivity contribution in [1.29, 1.82) is 0 Å². The summed E-state index contributed by atoms with van der Waals surface area (Å²) in [7, 11) is 0. The predicted octanol–water partition coefficient (Wildman–Crippen LogP) is 2.87. The molecule has 0 radical (unpaired) electrons. The number of benzene rings is 1. The number of hydrogen-bond acceptors (Lipinski definition) is 2. The number of piperidine rings is 1. The molecule has 4 heteroatoms. The molecule has 2 nitrogen and oxygen atoms in total.